The molecule has 3 N–H and O–H groups in total. The topological polar surface area (TPSA) is 118 Å². The van der Waals surface area contributed by atoms with Crippen LogP contribution in [0.4, 0.5) is 4.79 Å². The van der Waals surface area contributed by atoms with Crippen LogP contribution in [0.3, 0.4) is 0 Å². The van der Waals surface area contributed by atoms with E-state index in [9.17, 15) is 14.7 Å². The first-order valence-electron chi connectivity index (χ1n) is 11.9. The number of likely N-dealkylation sites (tertiary alicyclic amines) is 2. The van der Waals surface area contributed by atoms with E-state index in [0.717, 1.165) is 42.1 Å². The van der Waals surface area contributed by atoms with Crippen molar-refractivity contribution in [3.63, 3.8) is 0 Å². The van der Waals surface area contributed by atoms with E-state index in [1.54, 1.807) is 6.20 Å². The van der Waals surface area contributed by atoms with Gasteiger partial charge in [0.15, 0.2) is 0 Å². The molecule has 2 fully saturated rings. The van der Waals surface area contributed by atoms with Crippen LogP contribution in [-0.2, 0) is 5.54 Å². The van der Waals surface area contributed by atoms with Crippen LogP contribution >= 0.6 is 11.3 Å². The number of aromatic nitrogens is 4. The zero-order valence-electron chi connectivity index (χ0n) is 20.1. The Bertz CT molecular complexity index is 1280. The predicted octanol–water partition coefficient (Wildman–Crippen LogP) is 4.16. The van der Waals surface area contributed by atoms with Gasteiger partial charge in [0.1, 0.15) is 16.1 Å². The summed E-state index contributed by atoms with van der Waals surface area (Å²) in [7, 11) is 0. The van der Waals surface area contributed by atoms with Gasteiger partial charge in [0.05, 0.1) is 11.7 Å². The third-order valence-electron chi connectivity index (χ3n) is 7.63. The smallest absolute Gasteiger partial charge is 0.408 e. The van der Waals surface area contributed by atoms with Crippen LogP contribution in [0.1, 0.15) is 58.0 Å². The molecule has 0 radical (unpaired) electrons. The van der Waals surface area contributed by atoms with E-state index in [1.807, 2.05) is 33.8 Å². The number of fused-ring (bicyclic) bond motifs is 1. The van der Waals surface area contributed by atoms with Gasteiger partial charge in [-0.25, -0.2) is 9.78 Å². The van der Waals surface area contributed by atoms with Crippen LogP contribution in [0.5, 0.6) is 0 Å². The fraction of sp³-hybridized carbons (Fsp3) is 0.583. The maximum Gasteiger partial charge on any atom is 0.408 e. The Balaban J connectivity index is 1.65. The largest absolute Gasteiger partial charge is 0.465 e. The van der Waals surface area contributed by atoms with Gasteiger partial charge in [0.2, 0.25) is 0 Å². The summed E-state index contributed by atoms with van der Waals surface area (Å²) in [6.07, 6.45) is 4.87. The first-order chi connectivity index (χ1) is 16.1. The Morgan fingerprint density at radius 3 is 2.62 bits per heavy atom. The van der Waals surface area contributed by atoms with Gasteiger partial charge in [0, 0.05) is 28.7 Å². The molecule has 5 heterocycles. The van der Waals surface area contributed by atoms with Crippen molar-refractivity contribution in [2.75, 3.05) is 19.6 Å². The molecule has 3 aromatic rings. The summed E-state index contributed by atoms with van der Waals surface area (Å²) >= 11 is 1.38. The van der Waals surface area contributed by atoms with Crippen molar-refractivity contribution in [1.82, 2.24) is 30.0 Å². The molecule has 0 aromatic carbocycles. The molecular formula is C24H32N6O3S. The van der Waals surface area contributed by atoms with Crippen molar-refractivity contribution >= 4 is 27.6 Å². The number of rotatable bonds is 3. The molecule has 0 bridgehead atoms. The summed E-state index contributed by atoms with van der Waals surface area (Å²) in [4.78, 5) is 38.7. The van der Waals surface area contributed by atoms with Crippen molar-refractivity contribution in [2.45, 2.75) is 65.0 Å². The molecule has 0 aliphatic carbocycles. The lowest BCUT2D eigenvalue weighted by Crippen LogP contribution is -2.54. The zero-order chi connectivity index (χ0) is 24.3. The minimum absolute atomic E-state index is 0.100. The molecule has 0 spiro atoms. The number of carboxylic acid groups (broad SMARTS) is 1. The van der Waals surface area contributed by atoms with Crippen molar-refractivity contribution in [1.29, 1.82) is 0 Å². The number of carbonyl (C=O) groups is 1. The van der Waals surface area contributed by atoms with Gasteiger partial charge in [0.25, 0.3) is 5.56 Å². The third-order valence-corrected chi connectivity index (χ3v) is 8.79. The quantitative estimate of drug-likeness (QED) is 0.514. The average Bonchev–Trinajstić information content (AvgIpc) is 3.50. The van der Waals surface area contributed by atoms with Crippen LogP contribution in [0, 0.1) is 12.3 Å². The fourth-order valence-electron chi connectivity index (χ4n) is 5.81. The Labute approximate surface area is 202 Å². The molecule has 5 rings (SSSR count). The highest BCUT2D eigenvalue weighted by atomic mass is 32.1. The standard InChI is InChI=1S/C24H32N6O3S/c1-14-16(12-25-28-14)18-10-17-19(34-18)20(31)27-21(26-17)24(23(2,3)4)11-15(13-30(24)22(32)33)29-8-6-5-7-9-29/h10,12,15H,5-9,11,13H2,1-4H3,(H,25,28)(H,32,33)(H,26,27,31)/t15?,24-/m1/s1. The van der Waals surface area contributed by atoms with Crippen LogP contribution < -0.4 is 5.56 Å². The van der Waals surface area contributed by atoms with E-state index >= 15 is 0 Å². The minimum atomic E-state index is -0.975. The number of nitrogens with zero attached hydrogens (tertiary/aromatic N) is 4. The Morgan fingerprint density at radius 1 is 1.26 bits per heavy atom. The molecule has 2 aliphatic rings. The van der Waals surface area contributed by atoms with Crippen molar-refractivity contribution < 1.29 is 9.90 Å². The number of aromatic amines is 2. The summed E-state index contributed by atoms with van der Waals surface area (Å²) in [6, 6.07) is 2.01. The minimum Gasteiger partial charge on any atom is -0.465 e. The van der Waals surface area contributed by atoms with Gasteiger partial charge < -0.3 is 10.1 Å². The maximum absolute atomic E-state index is 13.3. The number of thiophene rings is 1. The lowest BCUT2D eigenvalue weighted by atomic mass is 9.70. The zero-order valence-corrected chi connectivity index (χ0v) is 21.0. The maximum atomic E-state index is 13.3. The normalized spacial score (nSPS) is 24.2. The van der Waals surface area contributed by atoms with E-state index in [0.29, 0.717) is 29.0 Å². The number of aryl methyl sites for hydroxylation is 1. The number of nitrogens with one attached hydrogen (secondary N) is 2. The van der Waals surface area contributed by atoms with Crippen LogP contribution in [-0.4, -0.2) is 66.8 Å². The van der Waals surface area contributed by atoms with E-state index < -0.39 is 17.0 Å². The van der Waals surface area contributed by atoms with Gasteiger partial charge in [-0.3, -0.25) is 19.7 Å². The second kappa shape index (κ2) is 8.20. The molecule has 10 heteroatoms. The first-order valence-corrected chi connectivity index (χ1v) is 12.7. The number of piperidine rings is 1. The number of amides is 1. The number of hydrogen-bond acceptors (Lipinski definition) is 6. The molecule has 34 heavy (non-hydrogen) atoms. The second-order valence-electron chi connectivity index (χ2n) is 10.6. The number of H-pyrrole nitrogens is 2. The third kappa shape index (κ3) is 3.54. The van der Waals surface area contributed by atoms with Crippen LogP contribution in [0.15, 0.2) is 17.1 Å². The molecule has 2 saturated heterocycles. The summed E-state index contributed by atoms with van der Waals surface area (Å²) < 4.78 is 0.538. The van der Waals surface area contributed by atoms with Gasteiger partial charge in [-0.15, -0.1) is 11.3 Å². The van der Waals surface area contributed by atoms with Gasteiger partial charge in [-0.05, 0) is 50.8 Å². The van der Waals surface area contributed by atoms with Crippen LogP contribution in [0.2, 0.25) is 0 Å². The summed E-state index contributed by atoms with van der Waals surface area (Å²) in [5.74, 6) is 0.438. The monoisotopic (exact) mass is 484 g/mol. The van der Waals surface area contributed by atoms with Crippen molar-refractivity contribution in [2.24, 2.45) is 5.41 Å². The SMILES string of the molecule is Cc1[nH]ncc1-c1cc2nc([C@@]3(C(C)(C)C)CC(N4CCCCC4)CN3C(=O)O)[nH]c(=O)c2s1. The van der Waals surface area contributed by atoms with E-state index in [-0.39, 0.29) is 11.6 Å². The fourth-order valence-corrected chi connectivity index (χ4v) is 6.87. The van der Waals surface area contributed by atoms with Crippen molar-refractivity contribution in [3.8, 4) is 10.4 Å². The highest BCUT2D eigenvalue weighted by Gasteiger charge is 2.58. The molecule has 1 amide bonds. The average molecular weight is 485 g/mol. The lowest BCUT2D eigenvalue weighted by molar-refractivity contribution is 0.0207. The molecule has 182 valence electrons. The highest BCUT2D eigenvalue weighted by Crippen LogP contribution is 2.51. The first kappa shape index (κ1) is 23.0. The molecule has 9 nitrogen and oxygen atoms in total. The lowest BCUT2D eigenvalue weighted by Gasteiger charge is -2.46. The highest BCUT2D eigenvalue weighted by molar-refractivity contribution is 7.22. The molecular weight excluding hydrogens is 452 g/mol. The molecule has 3 aromatic heterocycles. The predicted molar refractivity (Wildman–Crippen MR) is 132 cm³/mol. The van der Waals surface area contributed by atoms with Gasteiger partial charge in [-0.1, -0.05) is 27.2 Å². The van der Waals surface area contributed by atoms with Crippen molar-refractivity contribution in [3.05, 3.63) is 34.1 Å². The summed E-state index contributed by atoms with van der Waals surface area (Å²) in [6.45, 7) is 10.4. The molecule has 1 unspecified atom stereocenters. The molecule has 2 aliphatic heterocycles. The van der Waals surface area contributed by atoms with E-state index in [4.69, 9.17) is 4.98 Å². The Morgan fingerprint density at radius 2 is 2.00 bits per heavy atom. The molecule has 2 atom stereocenters. The molecule has 0 saturated carbocycles. The summed E-state index contributed by atoms with van der Waals surface area (Å²) in [5.41, 5.74) is 0.795. The van der Waals surface area contributed by atoms with E-state index in [1.165, 1.54) is 22.7 Å². The Kier molecular flexibility index (Phi) is 5.55. The van der Waals surface area contributed by atoms with Crippen LogP contribution in [0.25, 0.3) is 20.7 Å². The second-order valence-corrected chi connectivity index (χ2v) is 11.7. The van der Waals surface area contributed by atoms with Gasteiger partial charge in [-0.2, -0.15) is 5.10 Å². The summed E-state index contributed by atoms with van der Waals surface area (Å²) in [5, 5.41) is 17.3. The van der Waals surface area contributed by atoms with E-state index in [2.05, 4.69) is 20.1 Å². The van der Waals surface area contributed by atoms with Gasteiger partial charge >= 0.3 is 6.09 Å². The number of hydrogen-bond donors (Lipinski definition) is 3. The Hall–Kier alpha value is -2.72.